The quantitative estimate of drug-likeness (QED) is 0.475. The van der Waals surface area contributed by atoms with E-state index in [2.05, 4.69) is 29.1 Å². The molecule has 0 saturated carbocycles. The molecule has 1 atom stereocenters. The van der Waals surface area contributed by atoms with Crippen molar-refractivity contribution >= 4 is 29.2 Å². The fourth-order valence-electron chi connectivity index (χ4n) is 1.43. The molecule has 1 rings (SSSR count). The first-order valence-corrected chi connectivity index (χ1v) is 7.12. The number of rotatable bonds is 6. The molecule has 2 N–H and O–H groups in total. The maximum absolute atomic E-state index is 9.73. The fourth-order valence-corrected chi connectivity index (χ4v) is 2.04. The second kappa shape index (κ2) is 7.03. The molecule has 0 fully saturated rings. The summed E-state index contributed by atoms with van der Waals surface area (Å²) in [6.07, 6.45) is 2.28. The molecule has 0 saturated heterocycles. The normalized spacial score (nSPS) is 12.8. The predicted octanol–water partition coefficient (Wildman–Crippen LogP) is 2.67. The third kappa shape index (κ3) is 5.57. The lowest BCUT2D eigenvalue weighted by Gasteiger charge is -2.14. The van der Waals surface area contributed by atoms with Crippen LogP contribution >= 0.6 is 23.4 Å². The zero-order valence-electron chi connectivity index (χ0n) is 10.3. The van der Waals surface area contributed by atoms with Gasteiger partial charge in [0, 0.05) is 12.6 Å². The highest BCUT2D eigenvalue weighted by molar-refractivity contribution is 7.98. The van der Waals surface area contributed by atoms with Crippen LogP contribution in [0, 0.1) is 5.92 Å². The molecule has 1 heterocycles. The molecule has 4 nitrogen and oxygen atoms in total. The number of anilines is 1. The maximum atomic E-state index is 9.73. The predicted molar refractivity (Wildman–Crippen MR) is 72.8 cm³/mol. The molecular formula is C11H18ClN3OS. The fraction of sp³-hybridized carbons (Fsp3) is 0.636. The van der Waals surface area contributed by atoms with Gasteiger partial charge in [0.05, 0.1) is 6.10 Å². The van der Waals surface area contributed by atoms with E-state index >= 15 is 0 Å². The average Bonchev–Trinajstić information content (AvgIpc) is 2.24. The highest BCUT2D eigenvalue weighted by atomic mass is 35.5. The van der Waals surface area contributed by atoms with E-state index in [-0.39, 0.29) is 6.10 Å². The van der Waals surface area contributed by atoms with Gasteiger partial charge < -0.3 is 10.4 Å². The van der Waals surface area contributed by atoms with Crippen LogP contribution in [-0.2, 0) is 0 Å². The molecule has 17 heavy (non-hydrogen) atoms. The average molecular weight is 276 g/mol. The molecule has 0 aliphatic carbocycles. The number of aliphatic hydroxyl groups excluding tert-OH is 1. The molecule has 96 valence electrons. The number of halogens is 1. The highest BCUT2D eigenvalue weighted by Crippen LogP contribution is 2.17. The largest absolute Gasteiger partial charge is 0.391 e. The van der Waals surface area contributed by atoms with Crippen molar-refractivity contribution in [3.8, 4) is 0 Å². The van der Waals surface area contributed by atoms with Crippen LogP contribution in [0.15, 0.2) is 11.2 Å². The number of aromatic nitrogens is 2. The van der Waals surface area contributed by atoms with Gasteiger partial charge in [-0.3, -0.25) is 0 Å². The number of aliphatic hydroxyl groups is 1. The summed E-state index contributed by atoms with van der Waals surface area (Å²) in [6.45, 7) is 4.63. The van der Waals surface area contributed by atoms with Gasteiger partial charge in [-0.1, -0.05) is 37.2 Å². The van der Waals surface area contributed by atoms with E-state index in [0.717, 1.165) is 6.42 Å². The van der Waals surface area contributed by atoms with E-state index in [0.29, 0.717) is 28.6 Å². The standard InChI is InChI=1S/C11H18ClN3OS/c1-7(2)4-8(16)6-13-10-5-9(12)14-11(15-10)17-3/h5,7-8,16H,4,6H2,1-3H3,(H,13,14,15). The van der Waals surface area contributed by atoms with E-state index in [1.54, 1.807) is 6.07 Å². The Kier molecular flexibility index (Phi) is 6.02. The number of nitrogens with zero attached hydrogens (tertiary/aromatic N) is 2. The van der Waals surface area contributed by atoms with Crippen molar-refractivity contribution in [3.05, 3.63) is 11.2 Å². The lowest BCUT2D eigenvalue weighted by atomic mass is 10.1. The van der Waals surface area contributed by atoms with Crippen LogP contribution < -0.4 is 5.32 Å². The van der Waals surface area contributed by atoms with Gasteiger partial charge in [0.1, 0.15) is 11.0 Å². The highest BCUT2D eigenvalue weighted by Gasteiger charge is 2.08. The van der Waals surface area contributed by atoms with Crippen LogP contribution in [0.3, 0.4) is 0 Å². The van der Waals surface area contributed by atoms with Gasteiger partial charge in [-0.05, 0) is 18.6 Å². The lowest BCUT2D eigenvalue weighted by Crippen LogP contribution is -2.21. The molecule has 0 spiro atoms. The minimum absolute atomic E-state index is 0.374. The summed E-state index contributed by atoms with van der Waals surface area (Å²) in [5, 5.41) is 13.8. The molecule has 0 radical (unpaired) electrons. The zero-order chi connectivity index (χ0) is 12.8. The van der Waals surface area contributed by atoms with E-state index in [1.807, 2.05) is 6.26 Å². The van der Waals surface area contributed by atoms with E-state index < -0.39 is 0 Å². The van der Waals surface area contributed by atoms with Crippen molar-refractivity contribution in [2.45, 2.75) is 31.5 Å². The Balaban J connectivity index is 2.54. The second-order valence-electron chi connectivity index (χ2n) is 4.23. The van der Waals surface area contributed by atoms with Crippen molar-refractivity contribution in [1.29, 1.82) is 0 Å². The Morgan fingerprint density at radius 3 is 2.76 bits per heavy atom. The topological polar surface area (TPSA) is 58.0 Å². The Hall–Kier alpha value is -0.520. The van der Waals surface area contributed by atoms with E-state index in [9.17, 15) is 5.11 Å². The summed E-state index contributed by atoms with van der Waals surface area (Å²) in [4.78, 5) is 8.29. The summed E-state index contributed by atoms with van der Waals surface area (Å²) in [6, 6.07) is 1.66. The van der Waals surface area contributed by atoms with Crippen molar-refractivity contribution in [2.24, 2.45) is 5.92 Å². The van der Waals surface area contributed by atoms with Crippen LogP contribution in [0.1, 0.15) is 20.3 Å². The molecule has 0 bridgehead atoms. The third-order valence-corrected chi connectivity index (χ3v) is 2.86. The van der Waals surface area contributed by atoms with Gasteiger partial charge in [-0.25, -0.2) is 9.97 Å². The van der Waals surface area contributed by atoms with Crippen molar-refractivity contribution in [2.75, 3.05) is 18.1 Å². The first kappa shape index (κ1) is 14.5. The smallest absolute Gasteiger partial charge is 0.190 e. The monoisotopic (exact) mass is 275 g/mol. The minimum Gasteiger partial charge on any atom is -0.391 e. The van der Waals surface area contributed by atoms with Crippen LogP contribution in [-0.4, -0.2) is 34.0 Å². The first-order chi connectivity index (χ1) is 8.01. The number of nitrogens with one attached hydrogen (secondary N) is 1. The summed E-state index contributed by atoms with van der Waals surface area (Å²) in [5.41, 5.74) is 0. The maximum Gasteiger partial charge on any atom is 0.190 e. The number of hydrogen-bond acceptors (Lipinski definition) is 5. The third-order valence-electron chi connectivity index (χ3n) is 2.12. The molecule has 1 aromatic rings. The first-order valence-electron chi connectivity index (χ1n) is 5.51. The van der Waals surface area contributed by atoms with Crippen molar-refractivity contribution in [1.82, 2.24) is 9.97 Å². The molecule has 1 unspecified atom stereocenters. The van der Waals surface area contributed by atoms with Crippen LogP contribution in [0.4, 0.5) is 5.82 Å². The van der Waals surface area contributed by atoms with Gasteiger partial charge in [0.2, 0.25) is 0 Å². The Bertz CT molecular complexity index is 363. The number of thioether (sulfide) groups is 1. The molecular weight excluding hydrogens is 258 g/mol. The van der Waals surface area contributed by atoms with Gasteiger partial charge in [-0.2, -0.15) is 0 Å². The molecule has 0 amide bonds. The van der Waals surface area contributed by atoms with Gasteiger partial charge in [0.15, 0.2) is 5.16 Å². The number of hydrogen-bond donors (Lipinski definition) is 2. The van der Waals surface area contributed by atoms with E-state index in [1.165, 1.54) is 11.8 Å². The molecule has 1 aromatic heterocycles. The molecule has 0 aromatic carbocycles. The Morgan fingerprint density at radius 1 is 1.47 bits per heavy atom. The van der Waals surface area contributed by atoms with Crippen LogP contribution in [0.2, 0.25) is 5.15 Å². The zero-order valence-corrected chi connectivity index (χ0v) is 11.8. The molecule has 0 aliphatic heterocycles. The van der Waals surface area contributed by atoms with E-state index in [4.69, 9.17) is 11.6 Å². The van der Waals surface area contributed by atoms with Gasteiger partial charge in [-0.15, -0.1) is 0 Å². The van der Waals surface area contributed by atoms with Crippen LogP contribution in [0.25, 0.3) is 0 Å². The van der Waals surface area contributed by atoms with Crippen molar-refractivity contribution < 1.29 is 5.11 Å². The summed E-state index contributed by atoms with van der Waals surface area (Å²) >= 11 is 7.29. The lowest BCUT2D eigenvalue weighted by molar-refractivity contribution is 0.161. The molecule has 0 aliphatic rings. The van der Waals surface area contributed by atoms with Gasteiger partial charge >= 0.3 is 0 Å². The Labute approximate surface area is 111 Å². The van der Waals surface area contributed by atoms with Gasteiger partial charge in [0.25, 0.3) is 0 Å². The summed E-state index contributed by atoms with van der Waals surface area (Å²) in [5.74, 6) is 1.12. The SMILES string of the molecule is CSc1nc(Cl)cc(NCC(O)CC(C)C)n1. The minimum atomic E-state index is -0.374. The summed E-state index contributed by atoms with van der Waals surface area (Å²) in [7, 11) is 0. The molecule has 6 heteroatoms. The Morgan fingerprint density at radius 2 is 2.18 bits per heavy atom. The second-order valence-corrected chi connectivity index (χ2v) is 5.39. The summed E-state index contributed by atoms with van der Waals surface area (Å²) < 4.78 is 0. The van der Waals surface area contributed by atoms with Crippen molar-refractivity contribution in [3.63, 3.8) is 0 Å². The van der Waals surface area contributed by atoms with Crippen LogP contribution in [0.5, 0.6) is 0 Å².